The Morgan fingerprint density at radius 2 is 1.92 bits per heavy atom. The number of aryl methyl sites for hydroxylation is 2. The van der Waals surface area contributed by atoms with Crippen molar-refractivity contribution in [3.63, 3.8) is 0 Å². The predicted octanol–water partition coefficient (Wildman–Crippen LogP) is 4.00. The van der Waals surface area contributed by atoms with E-state index in [1.165, 1.54) is 19.8 Å². The molecular weight excluding hydrogens is 460 g/mol. The predicted molar refractivity (Wildman–Crippen MR) is 140 cm³/mol. The molecule has 3 N–H and O–H groups in total. The zero-order chi connectivity index (χ0) is 26.3. The number of esters is 1. The van der Waals surface area contributed by atoms with Crippen LogP contribution in [0.2, 0.25) is 0 Å². The van der Waals surface area contributed by atoms with Gasteiger partial charge >= 0.3 is 5.97 Å². The second-order valence-corrected chi connectivity index (χ2v) is 9.59. The largest absolute Gasteiger partial charge is 0.464 e. The highest BCUT2D eigenvalue weighted by Crippen LogP contribution is 2.33. The lowest BCUT2D eigenvalue weighted by molar-refractivity contribution is -0.119. The van der Waals surface area contributed by atoms with E-state index in [0.717, 1.165) is 12.8 Å². The average molecular weight is 497 g/mol. The first-order valence-corrected chi connectivity index (χ1v) is 12.0. The number of nitrogens with zero attached hydrogens (tertiary/aromatic N) is 2. The number of ether oxygens (including phenoxy) is 2. The lowest BCUT2D eigenvalue weighted by Gasteiger charge is -2.23. The van der Waals surface area contributed by atoms with Crippen LogP contribution in [0.1, 0.15) is 49.7 Å². The van der Waals surface area contributed by atoms with Gasteiger partial charge in [0.05, 0.1) is 30.3 Å². The van der Waals surface area contributed by atoms with Crippen molar-refractivity contribution in [2.45, 2.75) is 58.2 Å². The first-order valence-electron chi connectivity index (χ1n) is 12.0. The van der Waals surface area contributed by atoms with Gasteiger partial charge in [-0.05, 0) is 51.7 Å². The number of nitrogens with one attached hydrogen (secondary N) is 2. The number of fused-ring (bicyclic) bond motifs is 1. The van der Waals surface area contributed by atoms with Gasteiger partial charge in [-0.3, -0.25) is 4.79 Å². The normalized spacial score (nSPS) is 12.4. The van der Waals surface area contributed by atoms with Gasteiger partial charge in [-0.25, -0.2) is 9.78 Å². The molecule has 1 atom stereocenters. The van der Waals surface area contributed by atoms with Gasteiger partial charge in [0.25, 0.3) is 0 Å². The third-order valence-corrected chi connectivity index (χ3v) is 5.73. The highest BCUT2D eigenvalue weighted by Gasteiger charge is 2.26. The topological polar surface area (TPSA) is 115 Å². The Labute approximate surface area is 211 Å². The Hall–Kier alpha value is -3.43. The highest BCUT2D eigenvalue weighted by molar-refractivity contribution is 6.11. The van der Waals surface area contributed by atoms with Gasteiger partial charge in [0.1, 0.15) is 12.3 Å². The molecule has 0 unspecified atom stereocenters. The molecule has 9 heteroatoms. The summed E-state index contributed by atoms with van der Waals surface area (Å²) in [4.78, 5) is 30.1. The van der Waals surface area contributed by atoms with E-state index >= 15 is 0 Å². The fourth-order valence-electron chi connectivity index (χ4n) is 4.43. The van der Waals surface area contributed by atoms with Gasteiger partial charge in [-0.2, -0.15) is 0 Å². The van der Waals surface area contributed by atoms with Crippen LogP contribution in [0.15, 0.2) is 42.6 Å². The Morgan fingerprint density at radius 3 is 2.56 bits per heavy atom. The molecule has 0 aliphatic carbocycles. The maximum Gasteiger partial charge on any atom is 0.356 e. The number of aliphatic hydroxyl groups is 1. The van der Waals surface area contributed by atoms with Crippen molar-refractivity contribution in [2.75, 3.05) is 31.5 Å². The summed E-state index contributed by atoms with van der Waals surface area (Å²) in [6.07, 6.45) is 3.79. The van der Waals surface area contributed by atoms with Gasteiger partial charge in [0, 0.05) is 25.1 Å². The maximum atomic E-state index is 12.9. The number of methoxy groups -OCH3 is 2. The van der Waals surface area contributed by atoms with Crippen LogP contribution in [-0.2, 0) is 27.2 Å². The van der Waals surface area contributed by atoms with Crippen LogP contribution in [0.4, 0.5) is 11.4 Å². The fourth-order valence-corrected chi connectivity index (χ4v) is 4.43. The monoisotopic (exact) mass is 496 g/mol. The van der Waals surface area contributed by atoms with Gasteiger partial charge in [0.2, 0.25) is 5.91 Å². The van der Waals surface area contributed by atoms with Crippen LogP contribution in [0.25, 0.3) is 11.0 Å². The lowest BCUT2D eigenvalue weighted by Crippen LogP contribution is -2.29. The van der Waals surface area contributed by atoms with Crippen molar-refractivity contribution in [1.82, 2.24) is 9.55 Å². The first kappa shape index (κ1) is 27.2. The third kappa shape index (κ3) is 7.05. The number of amides is 1. The molecule has 9 nitrogen and oxygen atoms in total. The number of anilines is 2. The van der Waals surface area contributed by atoms with Gasteiger partial charge in [-0.15, -0.1) is 0 Å². The summed E-state index contributed by atoms with van der Waals surface area (Å²) in [5.74, 6) is -0.954. The molecule has 1 aromatic carbocycles. The minimum Gasteiger partial charge on any atom is -0.464 e. The smallest absolute Gasteiger partial charge is 0.356 e. The molecular formula is C27H36N4O5. The van der Waals surface area contributed by atoms with E-state index in [-0.39, 0.29) is 24.2 Å². The van der Waals surface area contributed by atoms with Gasteiger partial charge in [-0.1, -0.05) is 30.3 Å². The summed E-state index contributed by atoms with van der Waals surface area (Å²) in [5.41, 5.74) is 2.21. The van der Waals surface area contributed by atoms with Crippen LogP contribution in [0, 0.1) is 0 Å². The highest BCUT2D eigenvalue weighted by atomic mass is 16.5. The minimum atomic E-state index is -0.830. The molecule has 2 heterocycles. The fraction of sp³-hybridized carbons (Fsp3) is 0.444. The molecule has 0 bridgehead atoms. The zero-order valence-electron chi connectivity index (χ0n) is 21.6. The van der Waals surface area contributed by atoms with Crippen LogP contribution in [-0.4, -0.2) is 59.0 Å². The van der Waals surface area contributed by atoms with Crippen LogP contribution >= 0.6 is 0 Å². The standard InChI is InChI=1S/C27H36N4O5/c1-18(15-27(2,3)34)29-20-14-21-23(30-22(32)17-35-4)24(26(33)36-5)31(25(21)28-16-20)13-9-12-19-10-7-6-8-11-19/h6-8,10-11,14,16,18,29,34H,9,12-13,15,17H2,1-5H3,(H,30,32)/t18-/m1/s1. The van der Waals surface area contributed by atoms with Crippen LogP contribution < -0.4 is 10.6 Å². The first-order chi connectivity index (χ1) is 17.1. The van der Waals surface area contributed by atoms with E-state index in [4.69, 9.17) is 9.47 Å². The number of benzene rings is 1. The molecule has 0 aliphatic rings. The number of pyridine rings is 1. The van der Waals surface area contributed by atoms with E-state index < -0.39 is 11.6 Å². The van der Waals surface area contributed by atoms with Crippen LogP contribution in [0.5, 0.6) is 0 Å². The zero-order valence-corrected chi connectivity index (χ0v) is 21.6. The summed E-state index contributed by atoms with van der Waals surface area (Å²) in [7, 11) is 2.75. The van der Waals surface area contributed by atoms with E-state index in [1.807, 2.05) is 31.2 Å². The van der Waals surface area contributed by atoms with Gasteiger partial charge < -0.3 is 29.8 Å². The van der Waals surface area contributed by atoms with Crippen molar-refractivity contribution >= 4 is 34.3 Å². The van der Waals surface area contributed by atoms with Crippen molar-refractivity contribution in [3.05, 3.63) is 53.9 Å². The van der Waals surface area contributed by atoms with Gasteiger partial charge in [0.15, 0.2) is 5.69 Å². The SMILES string of the molecule is COCC(=O)Nc1c(C(=O)OC)n(CCCc2ccccc2)c2ncc(N[C@H](C)CC(C)(C)O)cc12. The summed E-state index contributed by atoms with van der Waals surface area (Å²) >= 11 is 0. The Morgan fingerprint density at radius 1 is 1.19 bits per heavy atom. The van der Waals surface area contributed by atoms with Crippen LogP contribution in [0.3, 0.4) is 0 Å². The number of aromatic nitrogens is 2. The van der Waals surface area contributed by atoms with E-state index in [0.29, 0.717) is 35.4 Å². The molecule has 0 saturated heterocycles. The molecule has 0 saturated carbocycles. The average Bonchev–Trinajstić information content (AvgIpc) is 3.10. The Kier molecular flexibility index (Phi) is 9.06. The molecule has 1 amide bonds. The molecule has 0 spiro atoms. The van der Waals surface area contributed by atoms with Crippen molar-refractivity contribution < 1.29 is 24.2 Å². The van der Waals surface area contributed by atoms with E-state index in [9.17, 15) is 14.7 Å². The molecule has 194 valence electrons. The Bertz CT molecular complexity index is 1180. The molecule has 0 fully saturated rings. The summed E-state index contributed by atoms with van der Waals surface area (Å²) < 4.78 is 11.9. The second kappa shape index (κ2) is 12.0. The molecule has 3 rings (SSSR count). The number of rotatable bonds is 12. The van der Waals surface area contributed by atoms with Crippen molar-refractivity contribution in [2.24, 2.45) is 0 Å². The Balaban J connectivity index is 2.02. The summed E-state index contributed by atoms with van der Waals surface area (Å²) in [5, 5.41) is 16.9. The summed E-state index contributed by atoms with van der Waals surface area (Å²) in [6.45, 7) is 5.83. The van der Waals surface area contributed by atoms with E-state index in [1.54, 1.807) is 24.6 Å². The maximum absolute atomic E-state index is 12.9. The number of hydrogen-bond donors (Lipinski definition) is 3. The third-order valence-electron chi connectivity index (χ3n) is 5.73. The molecule has 36 heavy (non-hydrogen) atoms. The molecule has 0 radical (unpaired) electrons. The molecule has 2 aromatic heterocycles. The van der Waals surface area contributed by atoms with Crippen molar-refractivity contribution in [1.29, 1.82) is 0 Å². The molecule has 3 aromatic rings. The lowest BCUT2D eigenvalue weighted by atomic mass is 10.0. The number of carbonyl (C=O) groups is 2. The quantitative estimate of drug-likeness (QED) is 0.325. The van der Waals surface area contributed by atoms with Crippen molar-refractivity contribution in [3.8, 4) is 0 Å². The number of carbonyl (C=O) groups excluding carboxylic acids is 2. The minimum absolute atomic E-state index is 0.0381. The molecule has 0 aliphatic heterocycles. The van der Waals surface area contributed by atoms with E-state index in [2.05, 4.69) is 27.8 Å². The summed E-state index contributed by atoms with van der Waals surface area (Å²) in [6, 6.07) is 11.9. The number of hydrogen-bond acceptors (Lipinski definition) is 7. The second-order valence-electron chi connectivity index (χ2n) is 9.59.